The average Bonchev–Trinajstić information content (AvgIpc) is 2.94. The largest absolute Gasteiger partial charge is 0.426 e. The van der Waals surface area contributed by atoms with Crippen molar-refractivity contribution in [3.63, 3.8) is 0 Å². The zero-order valence-electron chi connectivity index (χ0n) is 22.9. The molecule has 0 fully saturated rings. The predicted molar refractivity (Wildman–Crippen MR) is 149 cm³/mol. The minimum absolute atomic E-state index is 0.00657. The monoisotopic (exact) mass is 560 g/mol. The minimum atomic E-state index is -0.765. The standard InChI is InChI=1S/C32H29FO8/c1-6-29(34)40-28-17-21(7-14-27(28)41-32(37)20(4)5)8-16-30(35)39-26-15-11-23(18-25(26)33)22-9-12-24(13-10-22)38-31(36)19(2)3/h6-7,9-15,17-19H,1,4,8,16H2,2-3,5H3. The molecule has 0 aliphatic heterocycles. The first-order chi connectivity index (χ1) is 19.5. The third kappa shape index (κ3) is 8.72. The Balaban J connectivity index is 1.64. The van der Waals surface area contributed by atoms with Crippen LogP contribution in [0.3, 0.4) is 0 Å². The Bertz CT molecular complexity index is 1490. The van der Waals surface area contributed by atoms with Gasteiger partial charge < -0.3 is 18.9 Å². The molecule has 3 rings (SSSR count). The van der Waals surface area contributed by atoms with Crippen LogP contribution in [0.5, 0.6) is 23.0 Å². The summed E-state index contributed by atoms with van der Waals surface area (Å²) in [5, 5.41) is 0. The van der Waals surface area contributed by atoms with Crippen LogP contribution in [0.15, 0.2) is 85.5 Å². The summed E-state index contributed by atoms with van der Waals surface area (Å²) >= 11 is 0. The van der Waals surface area contributed by atoms with E-state index in [1.807, 2.05) is 0 Å². The molecule has 0 heterocycles. The summed E-state index contributed by atoms with van der Waals surface area (Å²) in [4.78, 5) is 47.8. The van der Waals surface area contributed by atoms with Gasteiger partial charge in [-0.15, -0.1) is 0 Å². The smallest absolute Gasteiger partial charge is 0.338 e. The summed E-state index contributed by atoms with van der Waals surface area (Å²) in [5.41, 5.74) is 1.94. The van der Waals surface area contributed by atoms with Crippen molar-refractivity contribution in [3.05, 3.63) is 96.9 Å². The molecule has 0 atom stereocenters. The Morgan fingerprint density at radius 1 is 0.829 bits per heavy atom. The molecule has 9 heteroatoms. The van der Waals surface area contributed by atoms with Gasteiger partial charge in [-0.05, 0) is 66.4 Å². The molecular formula is C32H29FO8. The third-order valence-corrected chi connectivity index (χ3v) is 5.59. The van der Waals surface area contributed by atoms with Gasteiger partial charge in [0.15, 0.2) is 23.1 Å². The minimum Gasteiger partial charge on any atom is -0.426 e. The Morgan fingerprint density at radius 2 is 1.49 bits per heavy atom. The van der Waals surface area contributed by atoms with Crippen LogP contribution >= 0.6 is 0 Å². The Kier molecular flexibility index (Phi) is 10.3. The summed E-state index contributed by atoms with van der Waals surface area (Å²) in [6, 6.07) is 15.3. The number of halogens is 1. The van der Waals surface area contributed by atoms with Gasteiger partial charge in [-0.2, -0.15) is 0 Å². The quantitative estimate of drug-likeness (QED) is 0.156. The number of carbonyl (C=O) groups is 4. The van der Waals surface area contributed by atoms with E-state index in [0.29, 0.717) is 22.4 Å². The highest BCUT2D eigenvalue weighted by Crippen LogP contribution is 2.31. The molecular weight excluding hydrogens is 531 g/mol. The maximum Gasteiger partial charge on any atom is 0.338 e. The van der Waals surface area contributed by atoms with E-state index in [0.717, 1.165) is 6.08 Å². The van der Waals surface area contributed by atoms with Crippen LogP contribution in [0.1, 0.15) is 32.8 Å². The van der Waals surface area contributed by atoms with Gasteiger partial charge in [-0.1, -0.05) is 51.3 Å². The first-order valence-electron chi connectivity index (χ1n) is 12.6. The number of hydrogen-bond acceptors (Lipinski definition) is 8. The van der Waals surface area contributed by atoms with Crippen molar-refractivity contribution in [2.75, 3.05) is 0 Å². The fourth-order valence-electron chi connectivity index (χ4n) is 3.34. The maximum atomic E-state index is 14.8. The van der Waals surface area contributed by atoms with Gasteiger partial charge in [0.2, 0.25) is 0 Å². The van der Waals surface area contributed by atoms with Gasteiger partial charge in [0.05, 0.1) is 5.92 Å². The molecule has 0 amide bonds. The molecule has 41 heavy (non-hydrogen) atoms. The summed E-state index contributed by atoms with van der Waals surface area (Å²) in [6.45, 7) is 11.8. The van der Waals surface area contributed by atoms with E-state index in [2.05, 4.69) is 13.2 Å². The topological polar surface area (TPSA) is 105 Å². The molecule has 0 N–H and O–H groups in total. The Hall–Kier alpha value is -5.05. The van der Waals surface area contributed by atoms with E-state index in [4.69, 9.17) is 18.9 Å². The highest BCUT2D eigenvalue weighted by Gasteiger charge is 2.16. The first-order valence-corrected chi connectivity index (χ1v) is 12.6. The molecule has 0 saturated heterocycles. The van der Waals surface area contributed by atoms with Gasteiger partial charge >= 0.3 is 23.9 Å². The van der Waals surface area contributed by atoms with E-state index >= 15 is 0 Å². The summed E-state index contributed by atoms with van der Waals surface area (Å²) < 4.78 is 35.6. The van der Waals surface area contributed by atoms with Gasteiger partial charge in [0, 0.05) is 18.1 Å². The molecule has 3 aromatic carbocycles. The molecule has 0 aliphatic carbocycles. The molecule has 0 aliphatic rings. The van der Waals surface area contributed by atoms with Crippen LogP contribution in [0.2, 0.25) is 0 Å². The lowest BCUT2D eigenvalue weighted by Gasteiger charge is -2.12. The van der Waals surface area contributed by atoms with Gasteiger partial charge in [-0.25, -0.2) is 14.0 Å². The predicted octanol–water partition coefficient (Wildman–Crippen LogP) is 6.17. The van der Waals surface area contributed by atoms with Crippen LogP contribution in [-0.4, -0.2) is 23.9 Å². The van der Waals surface area contributed by atoms with E-state index in [1.54, 1.807) is 50.2 Å². The Morgan fingerprint density at radius 3 is 2.10 bits per heavy atom. The van der Waals surface area contributed by atoms with Crippen LogP contribution < -0.4 is 18.9 Å². The number of aryl methyl sites for hydroxylation is 1. The fourth-order valence-corrected chi connectivity index (χ4v) is 3.34. The molecule has 212 valence electrons. The first kappa shape index (κ1) is 30.5. The number of esters is 4. The van der Waals surface area contributed by atoms with Crippen LogP contribution in [-0.2, 0) is 25.6 Å². The fraction of sp³-hybridized carbons (Fsp3) is 0.188. The number of rotatable bonds is 11. The van der Waals surface area contributed by atoms with Crippen molar-refractivity contribution in [2.24, 2.45) is 5.92 Å². The molecule has 3 aromatic rings. The second-order valence-electron chi connectivity index (χ2n) is 9.30. The zero-order chi connectivity index (χ0) is 30.1. The van der Waals surface area contributed by atoms with E-state index in [-0.39, 0.29) is 47.6 Å². The second-order valence-corrected chi connectivity index (χ2v) is 9.30. The Labute approximate surface area is 237 Å². The van der Waals surface area contributed by atoms with E-state index in [1.165, 1.54) is 31.2 Å². The number of ether oxygens (including phenoxy) is 4. The number of benzene rings is 3. The lowest BCUT2D eigenvalue weighted by Crippen LogP contribution is -2.14. The lowest BCUT2D eigenvalue weighted by molar-refractivity contribution is -0.138. The second kappa shape index (κ2) is 13.8. The van der Waals surface area contributed by atoms with Gasteiger partial charge in [0.25, 0.3) is 0 Å². The summed E-state index contributed by atoms with van der Waals surface area (Å²) in [5.74, 6) is -3.39. The normalized spacial score (nSPS) is 10.5. The van der Waals surface area contributed by atoms with Crippen LogP contribution in [0.4, 0.5) is 4.39 Å². The molecule has 0 bridgehead atoms. The van der Waals surface area contributed by atoms with Crippen molar-refractivity contribution in [3.8, 4) is 34.1 Å². The van der Waals surface area contributed by atoms with Crippen molar-refractivity contribution in [2.45, 2.75) is 33.6 Å². The van der Waals surface area contributed by atoms with Gasteiger partial charge in [-0.3, -0.25) is 9.59 Å². The van der Waals surface area contributed by atoms with Crippen LogP contribution in [0, 0.1) is 11.7 Å². The van der Waals surface area contributed by atoms with E-state index in [9.17, 15) is 23.6 Å². The lowest BCUT2D eigenvalue weighted by atomic mass is 10.1. The molecule has 0 aromatic heterocycles. The summed E-state index contributed by atoms with van der Waals surface area (Å²) in [7, 11) is 0. The summed E-state index contributed by atoms with van der Waals surface area (Å²) in [6.07, 6.45) is 1.00. The van der Waals surface area contributed by atoms with Gasteiger partial charge in [0.1, 0.15) is 5.75 Å². The highest BCUT2D eigenvalue weighted by atomic mass is 19.1. The SMILES string of the molecule is C=CC(=O)Oc1cc(CCC(=O)Oc2ccc(-c3ccc(OC(=O)C(C)C)cc3)cc2F)ccc1OC(=O)C(=C)C. The molecule has 0 radical (unpaired) electrons. The highest BCUT2D eigenvalue weighted by molar-refractivity contribution is 5.89. The average molecular weight is 561 g/mol. The number of hydrogen-bond donors (Lipinski definition) is 0. The van der Waals surface area contributed by atoms with Crippen molar-refractivity contribution < 1.29 is 42.5 Å². The van der Waals surface area contributed by atoms with Crippen molar-refractivity contribution >= 4 is 23.9 Å². The van der Waals surface area contributed by atoms with Crippen molar-refractivity contribution in [1.29, 1.82) is 0 Å². The molecule has 0 spiro atoms. The van der Waals surface area contributed by atoms with Crippen LogP contribution in [0.25, 0.3) is 11.1 Å². The third-order valence-electron chi connectivity index (χ3n) is 5.59. The maximum absolute atomic E-state index is 14.8. The molecule has 0 saturated carbocycles. The number of carbonyl (C=O) groups excluding carboxylic acids is 4. The molecule has 8 nitrogen and oxygen atoms in total. The zero-order valence-corrected chi connectivity index (χ0v) is 22.9. The van der Waals surface area contributed by atoms with E-state index < -0.39 is 23.7 Å². The van der Waals surface area contributed by atoms with Crippen molar-refractivity contribution in [1.82, 2.24) is 0 Å². The molecule has 0 unspecified atom stereocenters.